The second-order valence-electron chi connectivity index (χ2n) is 4.04. The first kappa shape index (κ1) is 14.3. The van der Waals surface area contributed by atoms with Crippen molar-refractivity contribution >= 4 is 34.6 Å². The number of fused-ring (bicyclic) bond motifs is 1. The fourth-order valence-corrected chi connectivity index (χ4v) is 2.31. The fourth-order valence-electron chi connectivity index (χ4n) is 1.63. The molecule has 0 aliphatic carbocycles. The van der Waals surface area contributed by atoms with E-state index in [0.29, 0.717) is 6.54 Å². The number of nitrogens with zero attached hydrogens (tertiary/aromatic N) is 1. The second kappa shape index (κ2) is 6.91. The van der Waals surface area contributed by atoms with Crippen molar-refractivity contribution in [3.05, 3.63) is 36.4 Å². The van der Waals surface area contributed by atoms with Crippen LogP contribution in [0.5, 0.6) is 0 Å². The minimum Gasteiger partial charge on any atom is -0.338 e. The third-order valence-corrected chi connectivity index (χ3v) is 3.44. The molecule has 6 heteroatoms. The molecule has 0 aliphatic heterocycles. The van der Waals surface area contributed by atoms with Gasteiger partial charge in [0, 0.05) is 11.9 Å². The van der Waals surface area contributed by atoms with Crippen LogP contribution in [0.1, 0.15) is 6.92 Å². The van der Waals surface area contributed by atoms with Gasteiger partial charge in [-0.15, -0.1) is 0 Å². The number of rotatable bonds is 4. The summed E-state index contributed by atoms with van der Waals surface area (Å²) in [7, 11) is 0. The molecule has 104 valence electrons. The van der Waals surface area contributed by atoms with Gasteiger partial charge in [0.25, 0.3) is 0 Å². The zero-order valence-electron chi connectivity index (χ0n) is 11.1. The Morgan fingerprint density at radius 2 is 2.00 bits per heavy atom. The van der Waals surface area contributed by atoms with E-state index >= 15 is 0 Å². The summed E-state index contributed by atoms with van der Waals surface area (Å²) in [6.07, 6.45) is 0. The lowest BCUT2D eigenvalue weighted by Gasteiger charge is -2.05. The van der Waals surface area contributed by atoms with E-state index in [2.05, 4.69) is 15.6 Å². The predicted molar refractivity (Wildman–Crippen MR) is 79.7 cm³/mol. The van der Waals surface area contributed by atoms with Crippen molar-refractivity contribution in [3.8, 4) is 0 Å². The molecule has 0 fully saturated rings. The largest absolute Gasteiger partial charge is 0.338 e. The van der Waals surface area contributed by atoms with E-state index in [-0.39, 0.29) is 11.7 Å². The molecule has 0 atom stereocenters. The number of benzene rings is 1. The van der Waals surface area contributed by atoms with Crippen molar-refractivity contribution in [2.75, 3.05) is 12.3 Å². The standard InChI is InChI=1S/C14H15N3O2S/c1-2-15-14(19)17-12(18)9-20-13-8-7-10-5-3-4-6-11(10)16-13/h3-8H,2,9H2,1H3,(H2,15,17,18,19). The molecule has 0 radical (unpaired) electrons. The van der Waals surface area contributed by atoms with Crippen LogP contribution in [-0.2, 0) is 4.79 Å². The number of para-hydroxylation sites is 1. The molecule has 2 N–H and O–H groups in total. The second-order valence-corrected chi connectivity index (χ2v) is 5.03. The van der Waals surface area contributed by atoms with Crippen molar-refractivity contribution < 1.29 is 9.59 Å². The molecule has 5 nitrogen and oxygen atoms in total. The summed E-state index contributed by atoms with van der Waals surface area (Å²) in [5.41, 5.74) is 0.890. The van der Waals surface area contributed by atoms with E-state index in [1.54, 1.807) is 6.92 Å². The van der Waals surface area contributed by atoms with E-state index in [0.717, 1.165) is 15.9 Å². The van der Waals surface area contributed by atoms with Gasteiger partial charge in [0.05, 0.1) is 16.3 Å². The molecule has 0 saturated carbocycles. The van der Waals surface area contributed by atoms with Gasteiger partial charge in [0.2, 0.25) is 5.91 Å². The Labute approximate surface area is 121 Å². The Morgan fingerprint density at radius 3 is 2.80 bits per heavy atom. The lowest BCUT2D eigenvalue weighted by Crippen LogP contribution is -2.40. The highest BCUT2D eigenvalue weighted by Crippen LogP contribution is 2.19. The number of amides is 3. The lowest BCUT2D eigenvalue weighted by atomic mass is 10.2. The minimum atomic E-state index is -0.468. The average molecular weight is 289 g/mol. The molecule has 0 unspecified atom stereocenters. The van der Waals surface area contributed by atoms with Gasteiger partial charge < -0.3 is 5.32 Å². The van der Waals surface area contributed by atoms with Gasteiger partial charge in [-0.3, -0.25) is 10.1 Å². The third-order valence-electron chi connectivity index (χ3n) is 2.51. The molecule has 0 spiro atoms. The monoisotopic (exact) mass is 289 g/mol. The van der Waals surface area contributed by atoms with E-state index in [1.165, 1.54) is 11.8 Å². The minimum absolute atomic E-state index is 0.155. The summed E-state index contributed by atoms with van der Waals surface area (Å²) < 4.78 is 0. The fraction of sp³-hybridized carbons (Fsp3) is 0.214. The summed E-state index contributed by atoms with van der Waals surface area (Å²) in [6.45, 7) is 2.27. The van der Waals surface area contributed by atoms with Gasteiger partial charge in [-0.2, -0.15) is 0 Å². The molecule has 1 aromatic heterocycles. The average Bonchev–Trinajstić information content (AvgIpc) is 2.45. The van der Waals surface area contributed by atoms with Crippen LogP contribution in [0.2, 0.25) is 0 Å². The first-order valence-electron chi connectivity index (χ1n) is 6.25. The van der Waals surface area contributed by atoms with Crippen molar-refractivity contribution in [1.82, 2.24) is 15.6 Å². The van der Waals surface area contributed by atoms with Crippen molar-refractivity contribution in [1.29, 1.82) is 0 Å². The number of aromatic nitrogens is 1. The number of pyridine rings is 1. The van der Waals surface area contributed by atoms with Crippen LogP contribution in [0.3, 0.4) is 0 Å². The van der Waals surface area contributed by atoms with Crippen LogP contribution in [-0.4, -0.2) is 29.2 Å². The Balaban J connectivity index is 1.92. The summed E-state index contributed by atoms with van der Waals surface area (Å²) in [5.74, 6) is -0.182. The van der Waals surface area contributed by atoms with Gasteiger partial charge in [-0.25, -0.2) is 9.78 Å². The predicted octanol–water partition coefficient (Wildman–Crippen LogP) is 2.17. The van der Waals surface area contributed by atoms with Crippen molar-refractivity contribution in [2.45, 2.75) is 11.9 Å². The Hall–Kier alpha value is -2.08. The summed E-state index contributed by atoms with van der Waals surface area (Å²) in [6, 6.07) is 11.2. The molecule has 0 bridgehead atoms. The highest BCUT2D eigenvalue weighted by Gasteiger charge is 2.08. The molecule has 2 aromatic rings. The van der Waals surface area contributed by atoms with Gasteiger partial charge in [0.1, 0.15) is 0 Å². The first-order valence-corrected chi connectivity index (χ1v) is 7.24. The molecular weight excluding hydrogens is 274 g/mol. The molecule has 1 heterocycles. The molecule has 3 amide bonds. The topological polar surface area (TPSA) is 71.1 Å². The van der Waals surface area contributed by atoms with E-state index in [9.17, 15) is 9.59 Å². The zero-order valence-corrected chi connectivity index (χ0v) is 11.9. The van der Waals surface area contributed by atoms with Gasteiger partial charge in [-0.1, -0.05) is 36.0 Å². The maximum Gasteiger partial charge on any atom is 0.321 e. The van der Waals surface area contributed by atoms with Crippen molar-refractivity contribution in [2.24, 2.45) is 0 Å². The summed E-state index contributed by atoms with van der Waals surface area (Å²) >= 11 is 1.30. The van der Waals surface area contributed by atoms with Crippen LogP contribution in [0.25, 0.3) is 10.9 Å². The Morgan fingerprint density at radius 1 is 1.20 bits per heavy atom. The molecule has 0 saturated heterocycles. The van der Waals surface area contributed by atoms with E-state index in [4.69, 9.17) is 0 Å². The van der Waals surface area contributed by atoms with Crippen LogP contribution < -0.4 is 10.6 Å². The number of urea groups is 1. The van der Waals surface area contributed by atoms with Gasteiger partial charge in [-0.05, 0) is 19.1 Å². The number of carbonyl (C=O) groups is 2. The summed E-state index contributed by atoms with van der Waals surface area (Å²) in [5, 5.41) is 6.57. The molecule has 20 heavy (non-hydrogen) atoms. The van der Waals surface area contributed by atoms with Gasteiger partial charge >= 0.3 is 6.03 Å². The first-order chi connectivity index (χ1) is 9.69. The van der Waals surface area contributed by atoms with Crippen LogP contribution >= 0.6 is 11.8 Å². The molecule has 0 aliphatic rings. The molecular formula is C14H15N3O2S. The van der Waals surface area contributed by atoms with Crippen LogP contribution in [0.4, 0.5) is 4.79 Å². The number of nitrogens with one attached hydrogen (secondary N) is 2. The zero-order chi connectivity index (χ0) is 14.4. The third kappa shape index (κ3) is 3.96. The van der Waals surface area contributed by atoms with E-state index in [1.807, 2.05) is 36.4 Å². The quantitative estimate of drug-likeness (QED) is 0.846. The van der Waals surface area contributed by atoms with Gasteiger partial charge in [0.15, 0.2) is 0 Å². The van der Waals surface area contributed by atoms with Crippen molar-refractivity contribution in [3.63, 3.8) is 0 Å². The Bertz CT molecular complexity index is 631. The maximum absolute atomic E-state index is 11.5. The number of carbonyl (C=O) groups excluding carboxylic acids is 2. The Kier molecular flexibility index (Phi) is 4.95. The SMILES string of the molecule is CCNC(=O)NC(=O)CSc1ccc2ccccc2n1. The molecule has 2 rings (SSSR count). The number of imide groups is 1. The van der Waals surface area contributed by atoms with Crippen LogP contribution in [0.15, 0.2) is 41.4 Å². The number of hydrogen-bond donors (Lipinski definition) is 2. The van der Waals surface area contributed by atoms with E-state index < -0.39 is 6.03 Å². The number of hydrogen-bond acceptors (Lipinski definition) is 4. The highest BCUT2D eigenvalue weighted by molar-refractivity contribution is 7.99. The molecule has 1 aromatic carbocycles. The highest BCUT2D eigenvalue weighted by atomic mass is 32.2. The normalized spacial score (nSPS) is 10.2. The maximum atomic E-state index is 11.5. The summed E-state index contributed by atoms with van der Waals surface area (Å²) in [4.78, 5) is 27.2. The lowest BCUT2D eigenvalue weighted by molar-refractivity contribution is -0.117. The van der Waals surface area contributed by atoms with Crippen LogP contribution in [0, 0.1) is 0 Å². The number of thioether (sulfide) groups is 1. The smallest absolute Gasteiger partial charge is 0.321 e.